The predicted molar refractivity (Wildman–Crippen MR) is 356 cm³/mol. The normalized spacial score (nSPS) is 13.0. The van der Waals surface area contributed by atoms with E-state index < -0.39 is 31.6 Å². The van der Waals surface area contributed by atoms with E-state index in [1.807, 2.05) is 57.8 Å². The van der Waals surface area contributed by atoms with E-state index in [2.05, 4.69) is 253 Å². The van der Waals surface area contributed by atoms with Gasteiger partial charge in [-0.05, 0) is 116 Å². The van der Waals surface area contributed by atoms with Gasteiger partial charge in [0.1, 0.15) is 5.82 Å². The van der Waals surface area contributed by atoms with E-state index in [1.165, 1.54) is 20.7 Å². The number of ether oxygens (including phenoxy) is 1. The molecule has 0 saturated carbocycles. The van der Waals surface area contributed by atoms with Crippen LogP contribution in [0.3, 0.4) is 0 Å². The second-order valence-corrected chi connectivity index (χ2v) is 28.2. The van der Waals surface area contributed by atoms with E-state index in [-0.39, 0.29) is 44.1 Å². The van der Waals surface area contributed by atoms with Crippen LogP contribution in [0.2, 0.25) is 0 Å². The monoisotopic (exact) mass is 1320 g/mol. The first-order chi connectivity index (χ1) is 44.0. The Morgan fingerprint density at radius 3 is 1.67 bits per heavy atom. The van der Waals surface area contributed by atoms with Gasteiger partial charge >= 0.3 is 0 Å². The minimum atomic E-state index is -2.92. The Morgan fingerprint density at radius 1 is 0.471 bits per heavy atom. The summed E-state index contributed by atoms with van der Waals surface area (Å²) in [5, 5.41) is 7.21. The van der Waals surface area contributed by atoms with Gasteiger partial charge < -0.3 is 13.9 Å². The van der Waals surface area contributed by atoms with Crippen LogP contribution in [-0.4, -0.2) is 22.2 Å². The number of hydrogen-bond donors (Lipinski definition) is 0. The van der Waals surface area contributed by atoms with E-state index in [4.69, 9.17) is 13.8 Å². The number of para-hydroxylation sites is 1. The minimum Gasteiger partial charge on any atom is -0.510 e. The molecule has 0 amide bonds. The van der Waals surface area contributed by atoms with Crippen molar-refractivity contribution in [3.05, 3.63) is 297 Å². The molecule has 0 spiro atoms. The first-order valence-electron chi connectivity index (χ1n) is 31.8. The van der Waals surface area contributed by atoms with Crippen molar-refractivity contribution in [3.63, 3.8) is 0 Å². The molecule has 3 aromatic heterocycles. The Bertz CT molecular complexity index is 5120. The van der Waals surface area contributed by atoms with Gasteiger partial charge in [-0.15, -0.1) is 29.7 Å². The fourth-order valence-electron chi connectivity index (χ4n) is 13.0. The molecule has 0 N–H and O–H groups in total. The van der Waals surface area contributed by atoms with Gasteiger partial charge in [0.15, 0.2) is 8.07 Å². The largest absolute Gasteiger partial charge is 0.510 e. The zero-order valence-corrected chi connectivity index (χ0v) is 52.3. The van der Waals surface area contributed by atoms with Crippen LogP contribution in [0.4, 0.5) is 0 Å². The number of pyridine rings is 1. The average molecular weight is 1320 g/mol. The summed E-state index contributed by atoms with van der Waals surface area (Å²) in [4.78, 5) is 5.08. The quantitative estimate of drug-likeness (QED) is 0.0625. The van der Waals surface area contributed by atoms with Crippen LogP contribution in [-0.2, 0) is 31.9 Å². The number of imidazole rings is 1. The molecule has 0 unspecified atom stereocenters. The number of hydrogen-bond acceptors (Lipinski definition) is 2. The molecule has 0 fully saturated rings. The SMILES string of the molecule is [2H]c1c([2H])c([2H])c(-c2cc(C(C)(C)C)cc3c2-[n+]2[c-]n(-c4[c-]c(Oc5[c-]c6c(cc5)c5cc([Si](c7ccccc7)(c7ccccc7)c7ccccc7)ccc5n6-c5cc(C(C)(C)C)ccn5)ccc4)c4cccc(c42)-c2ccccc2-c2ccccc2-3)c([2H])c1[2H].[Pt]. The van der Waals surface area contributed by atoms with Crippen LogP contribution in [0.25, 0.3) is 94.5 Å². The molecule has 0 radical (unpaired) electrons. The van der Waals surface area contributed by atoms with Crippen molar-refractivity contribution in [2.45, 2.75) is 52.4 Å². The summed E-state index contributed by atoms with van der Waals surface area (Å²) in [7, 11) is -2.92. The standard InChI is InChI=1S/C80H62N4OSi.Pt/c1-79(2,3)55-45-46-81-76(49-55)84-73-44-42-63(86(60-29-13-8-14-30-60,61-31-15-9-16-32-61)62-33-17-10-18-34-62)52-71(73)68-43-41-59(51-75(68)84)85-58-28-23-27-57(50-58)82-53-83-77-70(54-25-11-7-12-26-54)47-56(80(4,5)6)48-72(77)67-38-22-20-36-65(67)64-35-19-21-37-66(64)69-39-24-40-74(82)78(69)83;/h7-49,52H,1-6H3;/q-2;/i7D,11D,12D,25D,26D;. The van der Waals surface area contributed by atoms with E-state index in [9.17, 15) is 2.74 Å². The Hall–Kier alpha value is -9.45. The second-order valence-electron chi connectivity index (χ2n) is 24.4. The van der Waals surface area contributed by atoms with Gasteiger partial charge in [-0.3, -0.25) is 4.57 Å². The summed E-state index contributed by atoms with van der Waals surface area (Å²) in [6.07, 6.45) is 5.70. The Morgan fingerprint density at radius 2 is 1.03 bits per heavy atom. The summed E-state index contributed by atoms with van der Waals surface area (Å²) >= 11 is 0. The average Bonchev–Trinajstić information content (AvgIpc) is 1.41. The van der Waals surface area contributed by atoms with Crippen LogP contribution in [0, 0.1) is 18.5 Å². The maximum absolute atomic E-state index is 9.51. The first-order valence-corrected chi connectivity index (χ1v) is 31.3. The maximum atomic E-state index is 9.51. The fraction of sp³-hybridized carbons (Fsp3) is 0.100. The molecule has 87 heavy (non-hydrogen) atoms. The van der Waals surface area contributed by atoms with Crippen molar-refractivity contribution in [1.29, 1.82) is 0 Å². The van der Waals surface area contributed by atoms with Crippen molar-refractivity contribution in [2.75, 3.05) is 0 Å². The predicted octanol–water partition coefficient (Wildman–Crippen LogP) is 16.5. The van der Waals surface area contributed by atoms with Crippen LogP contribution in [0.15, 0.2) is 267 Å². The van der Waals surface area contributed by atoms with Gasteiger partial charge in [-0.25, -0.2) is 4.98 Å². The van der Waals surface area contributed by atoms with E-state index in [1.54, 1.807) is 0 Å². The Labute approximate surface area is 531 Å². The molecule has 14 aromatic rings. The molecule has 0 atom stereocenters. The fourth-order valence-corrected chi connectivity index (χ4v) is 17.8. The zero-order chi connectivity index (χ0) is 62.7. The van der Waals surface area contributed by atoms with Gasteiger partial charge in [0, 0.05) is 44.3 Å². The van der Waals surface area contributed by atoms with Crippen molar-refractivity contribution < 1.29 is 37.2 Å². The van der Waals surface area contributed by atoms with E-state index in [0.29, 0.717) is 28.4 Å². The number of nitrogens with zero attached hydrogens (tertiary/aromatic N) is 4. The Kier molecular flexibility index (Phi) is 12.5. The summed E-state index contributed by atoms with van der Waals surface area (Å²) < 4.78 is 58.8. The molecule has 0 bridgehead atoms. The van der Waals surface area contributed by atoms with Crippen molar-refractivity contribution in [2.24, 2.45) is 0 Å². The van der Waals surface area contributed by atoms with E-state index in [0.717, 1.165) is 83.2 Å². The summed E-state index contributed by atoms with van der Waals surface area (Å²) in [6, 6.07) is 87.0. The number of aromatic nitrogens is 4. The van der Waals surface area contributed by atoms with Gasteiger partial charge in [-0.2, -0.15) is 18.2 Å². The molecular weight excluding hydrogens is 1260 g/mol. The van der Waals surface area contributed by atoms with Crippen LogP contribution in [0.5, 0.6) is 11.5 Å². The second kappa shape index (κ2) is 21.8. The van der Waals surface area contributed by atoms with Crippen molar-refractivity contribution in [1.82, 2.24) is 14.1 Å². The van der Waals surface area contributed by atoms with Crippen molar-refractivity contribution in [3.8, 4) is 73.2 Å². The molecule has 424 valence electrons. The molecule has 11 aromatic carbocycles. The number of benzene rings is 11. The third-order valence-corrected chi connectivity index (χ3v) is 21.9. The molecule has 0 saturated heterocycles. The first kappa shape index (κ1) is 49.8. The Balaban J connectivity index is 0.00000735. The molecule has 7 heteroatoms. The van der Waals surface area contributed by atoms with Gasteiger partial charge in [0.05, 0.1) is 23.6 Å². The van der Waals surface area contributed by atoms with Gasteiger partial charge in [-0.1, -0.05) is 259 Å². The van der Waals surface area contributed by atoms with Crippen LogP contribution in [0.1, 0.15) is 59.5 Å². The summed E-state index contributed by atoms with van der Waals surface area (Å²) in [6.45, 7) is 13.1. The molecule has 1 aliphatic heterocycles. The molecule has 0 aliphatic carbocycles. The third-order valence-electron chi connectivity index (χ3n) is 17.1. The maximum Gasteiger partial charge on any atom is 0.268 e. The summed E-state index contributed by atoms with van der Waals surface area (Å²) in [5.74, 6) is 1.71. The molecule has 15 rings (SSSR count). The topological polar surface area (TPSA) is 35.9 Å². The number of fused-ring (bicyclic) bond motifs is 10. The minimum absolute atomic E-state index is 0. The van der Waals surface area contributed by atoms with Gasteiger partial charge in [0.25, 0.3) is 6.33 Å². The van der Waals surface area contributed by atoms with Gasteiger partial charge in [0.2, 0.25) is 0 Å². The number of rotatable bonds is 9. The van der Waals surface area contributed by atoms with Crippen LogP contribution >= 0.6 is 0 Å². The smallest absolute Gasteiger partial charge is 0.268 e. The van der Waals surface area contributed by atoms with Crippen LogP contribution < -0.4 is 30.1 Å². The molecule has 4 heterocycles. The van der Waals surface area contributed by atoms with E-state index >= 15 is 0 Å². The zero-order valence-electron chi connectivity index (χ0n) is 54.0. The van der Waals surface area contributed by atoms with Crippen molar-refractivity contribution >= 4 is 61.7 Å². The molecular formula is C80H62N4OPtSi-2. The summed E-state index contributed by atoms with van der Waals surface area (Å²) in [5.41, 5.74) is 12.5. The molecule has 5 nitrogen and oxygen atoms in total. The third kappa shape index (κ3) is 9.42. The molecule has 1 aliphatic rings.